The van der Waals surface area contributed by atoms with E-state index >= 15 is 0 Å². The van der Waals surface area contributed by atoms with Crippen molar-refractivity contribution in [3.8, 4) is 11.5 Å². The third-order valence-corrected chi connectivity index (χ3v) is 2.67. The van der Waals surface area contributed by atoms with E-state index in [0.29, 0.717) is 25.5 Å². The average molecular weight is 258 g/mol. The summed E-state index contributed by atoms with van der Waals surface area (Å²) in [6.07, 6.45) is 1.75. The SMILES string of the molecule is CCOc1cccc(CN)c1OCc1ccccn1. The Morgan fingerprint density at radius 2 is 2.00 bits per heavy atom. The van der Waals surface area contributed by atoms with E-state index in [1.165, 1.54) is 0 Å². The highest BCUT2D eigenvalue weighted by molar-refractivity contribution is 5.46. The summed E-state index contributed by atoms with van der Waals surface area (Å²) >= 11 is 0. The second kappa shape index (κ2) is 6.75. The van der Waals surface area contributed by atoms with E-state index in [4.69, 9.17) is 15.2 Å². The maximum absolute atomic E-state index is 5.83. The molecule has 19 heavy (non-hydrogen) atoms. The van der Waals surface area contributed by atoms with Gasteiger partial charge < -0.3 is 15.2 Å². The molecule has 0 unspecified atom stereocenters. The molecule has 0 bridgehead atoms. The van der Waals surface area contributed by atoms with Crippen molar-refractivity contribution in [1.82, 2.24) is 4.98 Å². The van der Waals surface area contributed by atoms with Gasteiger partial charge in [0.15, 0.2) is 11.5 Å². The number of nitrogens with zero attached hydrogens (tertiary/aromatic N) is 1. The summed E-state index contributed by atoms with van der Waals surface area (Å²) in [7, 11) is 0. The molecule has 2 aromatic rings. The highest BCUT2D eigenvalue weighted by Crippen LogP contribution is 2.31. The summed E-state index contributed by atoms with van der Waals surface area (Å²) < 4.78 is 11.4. The smallest absolute Gasteiger partial charge is 0.166 e. The summed E-state index contributed by atoms with van der Waals surface area (Å²) in [6.45, 7) is 3.35. The van der Waals surface area contributed by atoms with Gasteiger partial charge in [-0.2, -0.15) is 0 Å². The lowest BCUT2D eigenvalue weighted by atomic mass is 10.2. The molecular formula is C15H18N2O2. The van der Waals surface area contributed by atoms with Crippen LogP contribution in [0.5, 0.6) is 11.5 Å². The van der Waals surface area contributed by atoms with Gasteiger partial charge in [-0.25, -0.2) is 0 Å². The van der Waals surface area contributed by atoms with Crippen molar-refractivity contribution in [2.45, 2.75) is 20.1 Å². The van der Waals surface area contributed by atoms with E-state index in [1.807, 2.05) is 43.3 Å². The highest BCUT2D eigenvalue weighted by atomic mass is 16.5. The van der Waals surface area contributed by atoms with Crippen molar-refractivity contribution in [2.75, 3.05) is 6.61 Å². The van der Waals surface area contributed by atoms with E-state index in [9.17, 15) is 0 Å². The summed E-state index contributed by atoms with van der Waals surface area (Å²) in [5.41, 5.74) is 7.54. The fourth-order valence-corrected chi connectivity index (χ4v) is 1.78. The molecule has 1 aromatic heterocycles. The minimum absolute atomic E-state index is 0.401. The zero-order valence-corrected chi connectivity index (χ0v) is 11.0. The summed E-state index contributed by atoms with van der Waals surface area (Å²) in [5.74, 6) is 1.43. The van der Waals surface area contributed by atoms with Crippen molar-refractivity contribution < 1.29 is 9.47 Å². The van der Waals surface area contributed by atoms with E-state index < -0.39 is 0 Å². The molecule has 2 rings (SSSR count). The molecule has 0 saturated heterocycles. The molecular weight excluding hydrogens is 240 g/mol. The first kappa shape index (κ1) is 13.4. The second-order valence-electron chi connectivity index (χ2n) is 3.99. The molecule has 0 atom stereocenters. The van der Waals surface area contributed by atoms with Crippen LogP contribution >= 0.6 is 0 Å². The van der Waals surface area contributed by atoms with Gasteiger partial charge in [0, 0.05) is 18.3 Å². The van der Waals surface area contributed by atoms with E-state index in [0.717, 1.165) is 17.0 Å². The molecule has 1 aromatic carbocycles. The summed E-state index contributed by atoms with van der Waals surface area (Å²) in [5, 5.41) is 0. The Bertz CT molecular complexity index is 515. The van der Waals surface area contributed by atoms with Crippen LogP contribution < -0.4 is 15.2 Å². The number of hydrogen-bond donors (Lipinski definition) is 1. The van der Waals surface area contributed by atoms with Crippen molar-refractivity contribution in [3.63, 3.8) is 0 Å². The summed E-state index contributed by atoms with van der Waals surface area (Å²) in [4.78, 5) is 4.23. The lowest BCUT2D eigenvalue weighted by Gasteiger charge is -2.14. The lowest BCUT2D eigenvalue weighted by molar-refractivity contribution is 0.264. The monoisotopic (exact) mass is 258 g/mol. The number of rotatable bonds is 6. The van der Waals surface area contributed by atoms with Crippen molar-refractivity contribution >= 4 is 0 Å². The minimum atomic E-state index is 0.401. The Balaban J connectivity index is 2.17. The van der Waals surface area contributed by atoms with Crippen molar-refractivity contribution in [3.05, 3.63) is 53.9 Å². The average Bonchev–Trinajstić information content (AvgIpc) is 2.47. The number of para-hydroxylation sites is 1. The molecule has 100 valence electrons. The molecule has 0 saturated carbocycles. The third kappa shape index (κ3) is 3.45. The van der Waals surface area contributed by atoms with Gasteiger partial charge in [-0.15, -0.1) is 0 Å². The van der Waals surface area contributed by atoms with Gasteiger partial charge in [0.1, 0.15) is 6.61 Å². The van der Waals surface area contributed by atoms with Crippen LogP contribution in [0, 0.1) is 0 Å². The Kier molecular flexibility index (Phi) is 4.75. The molecule has 2 N–H and O–H groups in total. The van der Waals surface area contributed by atoms with Gasteiger partial charge in [-0.1, -0.05) is 18.2 Å². The molecule has 4 nitrogen and oxygen atoms in total. The van der Waals surface area contributed by atoms with Crippen LogP contribution in [0.3, 0.4) is 0 Å². The Morgan fingerprint density at radius 1 is 1.11 bits per heavy atom. The quantitative estimate of drug-likeness (QED) is 0.865. The highest BCUT2D eigenvalue weighted by Gasteiger charge is 2.10. The number of nitrogens with two attached hydrogens (primary N) is 1. The van der Waals surface area contributed by atoms with Crippen LogP contribution in [0.25, 0.3) is 0 Å². The van der Waals surface area contributed by atoms with Gasteiger partial charge in [-0.3, -0.25) is 4.98 Å². The first-order valence-corrected chi connectivity index (χ1v) is 6.32. The number of benzene rings is 1. The zero-order chi connectivity index (χ0) is 13.5. The fourth-order valence-electron chi connectivity index (χ4n) is 1.78. The standard InChI is InChI=1S/C15H18N2O2/c1-2-18-14-8-5-6-12(10-16)15(14)19-11-13-7-3-4-9-17-13/h3-9H,2,10-11,16H2,1H3. The fraction of sp³-hybridized carbons (Fsp3) is 0.267. The zero-order valence-electron chi connectivity index (χ0n) is 11.0. The van der Waals surface area contributed by atoms with Gasteiger partial charge >= 0.3 is 0 Å². The largest absolute Gasteiger partial charge is 0.490 e. The maximum Gasteiger partial charge on any atom is 0.166 e. The van der Waals surface area contributed by atoms with Crippen LogP contribution in [-0.2, 0) is 13.2 Å². The summed E-state index contributed by atoms with van der Waals surface area (Å²) in [6, 6.07) is 11.5. The Labute approximate surface area is 113 Å². The number of aromatic nitrogens is 1. The minimum Gasteiger partial charge on any atom is -0.490 e. The van der Waals surface area contributed by atoms with E-state index in [1.54, 1.807) is 6.20 Å². The first-order chi connectivity index (χ1) is 9.35. The van der Waals surface area contributed by atoms with Crippen molar-refractivity contribution in [2.24, 2.45) is 5.73 Å². The number of hydrogen-bond acceptors (Lipinski definition) is 4. The Morgan fingerprint density at radius 3 is 2.68 bits per heavy atom. The Hall–Kier alpha value is -2.07. The molecule has 0 aliphatic heterocycles. The molecule has 1 heterocycles. The topological polar surface area (TPSA) is 57.4 Å². The molecule has 4 heteroatoms. The maximum atomic E-state index is 5.83. The molecule has 0 aliphatic rings. The van der Waals surface area contributed by atoms with Crippen LogP contribution in [-0.4, -0.2) is 11.6 Å². The predicted molar refractivity (Wildman–Crippen MR) is 74.1 cm³/mol. The van der Waals surface area contributed by atoms with Gasteiger partial charge in [0.25, 0.3) is 0 Å². The number of ether oxygens (including phenoxy) is 2. The van der Waals surface area contributed by atoms with Gasteiger partial charge in [0.05, 0.1) is 12.3 Å². The van der Waals surface area contributed by atoms with Crippen LogP contribution in [0.4, 0.5) is 0 Å². The third-order valence-electron chi connectivity index (χ3n) is 2.67. The van der Waals surface area contributed by atoms with Gasteiger partial charge in [-0.05, 0) is 25.1 Å². The number of pyridine rings is 1. The van der Waals surface area contributed by atoms with Crippen LogP contribution in [0.2, 0.25) is 0 Å². The lowest BCUT2D eigenvalue weighted by Crippen LogP contribution is -2.06. The van der Waals surface area contributed by atoms with E-state index in [2.05, 4.69) is 4.98 Å². The molecule has 0 fully saturated rings. The van der Waals surface area contributed by atoms with Gasteiger partial charge in [0.2, 0.25) is 0 Å². The van der Waals surface area contributed by atoms with Crippen molar-refractivity contribution in [1.29, 1.82) is 0 Å². The second-order valence-corrected chi connectivity index (χ2v) is 3.99. The molecule has 0 amide bonds. The predicted octanol–water partition coefficient (Wildman–Crippen LogP) is 2.52. The van der Waals surface area contributed by atoms with Crippen LogP contribution in [0.15, 0.2) is 42.6 Å². The molecule has 0 radical (unpaired) electrons. The van der Waals surface area contributed by atoms with Crippen LogP contribution in [0.1, 0.15) is 18.2 Å². The normalized spacial score (nSPS) is 10.2. The van der Waals surface area contributed by atoms with E-state index in [-0.39, 0.29) is 0 Å². The molecule has 0 aliphatic carbocycles. The molecule has 0 spiro atoms. The first-order valence-electron chi connectivity index (χ1n) is 6.32.